The predicted octanol–water partition coefficient (Wildman–Crippen LogP) is 1.49. The second kappa shape index (κ2) is 5.47. The van der Waals surface area contributed by atoms with Crippen molar-refractivity contribution in [3.63, 3.8) is 0 Å². The van der Waals surface area contributed by atoms with Crippen LogP contribution in [0.15, 0.2) is 18.2 Å². The summed E-state index contributed by atoms with van der Waals surface area (Å²) in [6.45, 7) is 2.52. The van der Waals surface area contributed by atoms with Gasteiger partial charge in [0, 0.05) is 12.5 Å². The molecule has 1 fully saturated rings. The van der Waals surface area contributed by atoms with E-state index in [-0.39, 0.29) is 5.82 Å². The second-order valence-corrected chi connectivity index (χ2v) is 4.49. The largest absolute Gasteiger partial charge is 0.494 e. The van der Waals surface area contributed by atoms with Crippen LogP contribution in [0.25, 0.3) is 0 Å². The molecule has 1 aliphatic heterocycles. The van der Waals surface area contributed by atoms with Gasteiger partial charge in [-0.15, -0.1) is 0 Å². The Hall–Kier alpha value is -1.13. The van der Waals surface area contributed by atoms with Crippen molar-refractivity contribution in [3.05, 3.63) is 29.6 Å². The maximum Gasteiger partial charge on any atom is 0.165 e. The lowest BCUT2D eigenvalue weighted by molar-refractivity contribution is 0.329. The number of piperidine rings is 1. The van der Waals surface area contributed by atoms with Gasteiger partial charge in [-0.2, -0.15) is 0 Å². The maximum absolute atomic E-state index is 13.7. The summed E-state index contributed by atoms with van der Waals surface area (Å²) in [4.78, 5) is 0. The van der Waals surface area contributed by atoms with E-state index >= 15 is 0 Å². The van der Waals surface area contributed by atoms with Crippen molar-refractivity contribution in [1.82, 2.24) is 5.32 Å². The van der Waals surface area contributed by atoms with Gasteiger partial charge in [0.2, 0.25) is 0 Å². The normalized spacial score (nSPS) is 24.6. The Kier molecular flexibility index (Phi) is 3.97. The summed E-state index contributed by atoms with van der Waals surface area (Å²) in [7, 11) is 1.48. The van der Waals surface area contributed by atoms with Crippen LogP contribution < -0.4 is 15.8 Å². The molecule has 3 N–H and O–H groups in total. The van der Waals surface area contributed by atoms with Crippen molar-refractivity contribution in [2.75, 3.05) is 26.7 Å². The molecule has 4 heteroatoms. The first-order chi connectivity index (χ1) is 8.26. The molecule has 1 aromatic carbocycles. The van der Waals surface area contributed by atoms with Crippen molar-refractivity contribution >= 4 is 0 Å². The quantitative estimate of drug-likeness (QED) is 0.838. The first-order valence-electron chi connectivity index (χ1n) is 6.00. The lowest BCUT2D eigenvalue weighted by Gasteiger charge is -2.31. The fourth-order valence-electron chi connectivity index (χ4n) is 2.50. The molecule has 2 atom stereocenters. The van der Waals surface area contributed by atoms with Crippen LogP contribution in [-0.2, 0) is 0 Å². The smallest absolute Gasteiger partial charge is 0.165 e. The van der Waals surface area contributed by atoms with E-state index in [1.54, 1.807) is 12.1 Å². The van der Waals surface area contributed by atoms with E-state index in [4.69, 9.17) is 10.5 Å². The number of nitrogens with one attached hydrogen (secondary N) is 1. The highest BCUT2D eigenvalue weighted by molar-refractivity contribution is 5.32. The van der Waals surface area contributed by atoms with Gasteiger partial charge < -0.3 is 15.8 Å². The summed E-state index contributed by atoms with van der Waals surface area (Å²) in [5, 5.41) is 3.34. The molecule has 3 nitrogen and oxygen atoms in total. The van der Waals surface area contributed by atoms with E-state index in [0.717, 1.165) is 25.1 Å². The third-order valence-corrected chi connectivity index (χ3v) is 3.53. The van der Waals surface area contributed by atoms with Crippen LogP contribution in [0.5, 0.6) is 5.75 Å². The molecule has 0 aromatic heterocycles. The minimum Gasteiger partial charge on any atom is -0.494 e. The molecule has 1 saturated heterocycles. The van der Waals surface area contributed by atoms with Gasteiger partial charge in [-0.3, -0.25) is 0 Å². The van der Waals surface area contributed by atoms with Gasteiger partial charge in [-0.05, 0) is 43.1 Å². The number of halogens is 1. The third kappa shape index (κ3) is 2.58. The van der Waals surface area contributed by atoms with E-state index in [1.807, 2.05) is 6.07 Å². The highest BCUT2D eigenvalue weighted by atomic mass is 19.1. The first-order valence-corrected chi connectivity index (χ1v) is 6.00. The van der Waals surface area contributed by atoms with Crippen LogP contribution in [0.3, 0.4) is 0 Å². The number of benzene rings is 1. The zero-order chi connectivity index (χ0) is 12.3. The van der Waals surface area contributed by atoms with Crippen LogP contribution in [0.4, 0.5) is 4.39 Å². The standard InChI is InChI=1S/C13H19FN2O/c1-17-13-3-2-9(6-12(13)14)11-8-16-5-4-10(11)7-15/h2-3,6,10-11,16H,4-5,7-8,15H2,1H3. The molecule has 2 unspecified atom stereocenters. The number of ether oxygens (including phenoxy) is 1. The summed E-state index contributed by atoms with van der Waals surface area (Å²) >= 11 is 0. The van der Waals surface area contributed by atoms with Crippen LogP contribution in [-0.4, -0.2) is 26.7 Å². The number of nitrogens with two attached hydrogens (primary N) is 1. The second-order valence-electron chi connectivity index (χ2n) is 4.49. The Morgan fingerprint density at radius 1 is 1.53 bits per heavy atom. The molecule has 0 bridgehead atoms. The Balaban J connectivity index is 2.23. The SMILES string of the molecule is COc1ccc(C2CNCCC2CN)cc1F. The fraction of sp³-hybridized carbons (Fsp3) is 0.538. The van der Waals surface area contributed by atoms with E-state index in [0.29, 0.717) is 24.1 Å². The molecule has 94 valence electrons. The van der Waals surface area contributed by atoms with Gasteiger partial charge >= 0.3 is 0 Å². The van der Waals surface area contributed by atoms with E-state index in [9.17, 15) is 4.39 Å². The highest BCUT2D eigenvalue weighted by Gasteiger charge is 2.25. The van der Waals surface area contributed by atoms with Gasteiger partial charge in [-0.25, -0.2) is 4.39 Å². The maximum atomic E-state index is 13.7. The van der Waals surface area contributed by atoms with Gasteiger partial charge in [0.1, 0.15) is 0 Å². The molecule has 1 aromatic rings. The average molecular weight is 238 g/mol. The molecule has 0 aliphatic carbocycles. The van der Waals surface area contributed by atoms with Gasteiger partial charge in [0.15, 0.2) is 11.6 Å². The molecule has 17 heavy (non-hydrogen) atoms. The average Bonchev–Trinajstić information content (AvgIpc) is 2.38. The van der Waals surface area contributed by atoms with Crippen molar-refractivity contribution < 1.29 is 9.13 Å². The third-order valence-electron chi connectivity index (χ3n) is 3.53. The molecule has 2 rings (SSSR count). The molecular weight excluding hydrogens is 219 g/mol. The number of rotatable bonds is 3. The zero-order valence-corrected chi connectivity index (χ0v) is 10.1. The van der Waals surface area contributed by atoms with Gasteiger partial charge in [-0.1, -0.05) is 6.07 Å². The molecule has 0 spiro atoms. The monoisotopic (exact) mass is 238 g/mol. The van der Waals surface area contributed by atoms with Crippen molar-refractivity contribution in [1.29, 1.82) is 0 Å². The van der Waals surface area contributed by atoms with Crippen LogP contribution >= 0.6 is 0 Å². The Bertz CT molecular complexity index is 384. The van der Waals surface area contributed by atoms with E-state index in [2.05, 4.69) is 5.32 Å². The fourth-order valence-corrected chi connectivity index (χ4v) is 2.50. The van der Waals surface area contributed by atoms with Crippen LogP contribution in [0.1, 0.15) is 17.9 Å². The van der Waals surface area contributed by atoms with Crippen LogP contribution in [0, 0.1) is 11.7 Å². The van der Waals surface area contributed by atoms with Crippen molar-refractivity contribution in [2.45, 2.75) is 12.3 Å². The summed E-state index contributed by atoms with van der Waals surface area (Å²) in [6.07, 6.45) is 1.05. The first kappa shape index (κ1) is 12.3. The molecule has 0 radical (unpaired) electrons. The number of hydrogen-bond acceptors (Lipinski definition) is 3. The Morgan fingerprint density at radius 3 is 3.00 bits per heavy atom. The van der Waals surface area contributed by atoms with E-state index in [1.165, 1.54) is 7.11 Å². The Morgan fingerprint density at radius 2 is 2.35 bits per heavy atom. The number of hydrogen-bond donors (Lipinski definition) is 2. The minimum absolute atomic E-state index is 0.293. The van der Waals surface area contributed by atoms with Gasteiger partial charge in [0.25, 0.3) is 0 Å². The summed E-state index contributed by atoms with van der Waals surface area (Å²) in [5.74, 6) is 0.728. The zero-order valence-electron chi connectivity index (χ0n) is 10.1. The van der Waals surface area contributed by atoms with Gasteiger partial charge in [0.05, 0.1) is 7.11 Å². The number of methoxy groups -OCH3 is 1. The highest BCUT2D eigenvalue weighted by Crippen LogP contribution is 2.30. The molecule has 1 heterocycles. The lowest BCUT2D eigenvalue weighted by atomic mass is 9.81. The Labute approximate surface area is 101 Å². The topological polar surface area (TPSA) is 47.3 Å². The molecule has 0 saturated carbocycles. The van der Waals surface area contributed by atoms with Crippen molar-refractivity contribution in [3.8, 4) is 5.75 Å². The minimum atomic E-state index is -0.300. The molecular formula is C13H19FN2O. The molecule has 1 aliphatic rings. The summed E-state index contributed by atoms with van der Waals surface area (Å²) in [6, 6.07) is 5.19. The van der Waals surface area contributed by atoms with E-state index < -0.39 is 0 Å². The predicted molar refractivity (Wildman–Crippen MR) is 65.7 cm³/mol. The summed E-state index contributed by atoms with van der Waals surface area (Å²) in [5.41, 5.74) is 6.78. The van der Waals surface area contributed by atoms with Crippen molar-refractivity contribution in [2.24, 2.45) is 11.7 Å². The summed E-state index contributed by atoms with van der Waals surface area (Å²) < 4.78 is 18.6. The van der Waals surface area contributed by atoms with Crippen LogP contribution in [0.2, 0.25) is 0 Å². The lowest BCUT2D eigenvalue weighted by Crippen LogP contribution is -2.38. The molecule has 0 amide bonds.